The molecule has 2 aromatic heterocycles. The van der Waals surface area contributed by atoms with Gasteiger partial charge in [-0.15, -0.1) is 34.2 Å². The highest BCUT2D eigenvalue weighted by Crippen LogP contribution is 2.16. The molecule has 0 aromatic carbocycles. The summed E-state index contributed by atoms with van der Waals surface area (Å²) < 4.78 is 7.79. The van der Waals surface area contributed by atoms with Crippen molar-refractivity contribution in [1.29, 1.82) is 0 Å². The normalized spacial score (nSPS) is 17.5. The average molecular weight is 443 g/mol. The number of aromatic nitrogens is 4. The first-order valence-corrected chi connectivity index (χ1v) is 7.62. The van der Waals surface area contributed by atoms with Crippen LogP contribution in [0.1, 0.15) is 12.2 Å². The summed E-state index contributed by atoms with van der Waals surface area (Å²) in [5.41, 5.74) is 0. The second kappa shape index (κ2) is 8.81. The summed E-state index contributed by atoms with van der Waals surface area (Å²) in [4.78, 5) is 10.7. The summed E-state index contributed by atoms with van der Waals surface area (Å²) >= 11 is 0. The van der Waals surface area contributed by atoms with Gasteiger partial charge >= 0.3 is 0 Å². The molecule has 0 amide bonds. The van der Waals surface area contributed by atoms with E-state index in [4.69, 9.17) is 4.74 Å². The van der Waals surface area contributed by atoms with E-state index in [2.05, 4.69) is 30.4 Å². The van der Waals surface area contributed by atoms with Crippen LogP contribution >= 0.6 is 24.0 Å². The zero-order valence-corrected chi connectivity index (χ0v) is 16.1. The molecule has 2 aromatic rings. The Bertz CT molecular complexity index is 661. The second-order valence-corrected chi connectivity index (χ2v) is 5.40. The van der Waals surface area contributed by atoms with Crippen molar-refractivity contribution < 1.29 is 4.74 Å². The van der Waals surface area contributed by atoms with Gasteiger partial charge in [0.1, 0.15) is 12.4 Å². The van der Waals surface area contributed by atoms with Gasteiger partial charge in [-0.2, -0.15) is 0 Å². The van der Waals surface area contributed by atoms with E-state index < -0.39 is 0 Å². The molecule has 8 nitrogen and oxygen atoms in total. The van der Waals surface area contributed by atoms with Crippen molar-refractivity contribution >= 4 is 29.9 Å². The number of aryl methyl sites for hydroxylation is 1. The van der Waals surface area contributed by atoms with Crippen molar-refractivity contribution in [3.63, 3.8) is 0 Å². The van der Waals surface area contributed by atoms with Crippen LogP contribution in [0.4, 0.5) is 0 Å². The third-order valence-corrected chi connectivity index (χ3v) is 3.79. The summed E-state index contributed by atoms with van der Waals surface area (Å²) in [5, 5.41) is 11.3. The summed E-state index contributed by atoms with van der Waals surface area (Å²) in [6, 6.07) is 5.69. The fourth-order valence-electron chi connectivity index (χ4n) is 2.56. The molecule has 1 fully saturated rings. The third kappa shape index (κ3) is 4.56. The van der Waals surface area contributed by atoms with Crippen LogP contribution < -0.4 is 10.1 Å². The Morgan fingerprint density at radius 3 is 3.00 bits per heavy atom. The zero-order valence-electron chi connectivity index (χ0n) is 13.8. The lowest BCUT2D eigenvalue weighted by atomic mass is 10.3. The fraction of sp³-hybridized carbons (Fsp3) is 0.467. The smallest absolute Gasteiger partial charge is 0.213 e. The molecule has 0 radical (unpaired) electrons. The molecule has 1 N–H and O–H groups in total. The lowest BCUT2D eigenvalue weighted by Crippen LogP contribution is -2.40. The van der Waals surface area contributed by atoms with E-state index in [-0.39, 0.29) is 30.1 Å². The van der Waals surface area contributed by atoms with Crippen LogP contribution in [0, 0.1) is 0 Å². The molecule has 0 spiro atoms. The monoisotopic (exact) mass is 443 g/mol. The topological polar surface area (TPSA) is 80.5 Å². The zero-order chi connectivity index (χ0) is 16.1. The van der Waals surface area contributed by atoms with Gasteiger partial charge in [0.2, 0.25) is 5.88 Å². The van der Waals surface area contributed by atoms with Gasteiger partial charge in [0.15, 0.2) is 11.8 Å². The van der Waals surface area contributed by atoms with Gasteiger partial charge < -0.3 is 19.5 Å². The van der Waals surface area contributed by atoms with E-state index in [0.717, 1.165) is 31.3 Å². The maximum absolute atomic E-state index is 5.91. The maximum atomic E-state index is 5.91. The third-order valence-electron chi connectivity index (χ3n) is 3.79. The van der Waals surface area contributed by atoms with E-state index in [0.29, 0.717) is 12.4 Å². The predicted octanol–water partition coefficient (Wildman–Crippen LogP) is 1.06. The van der Waals surface area contributed by atoms with Gasteiger partial charge in [-0.25, -0.2) is 4.98 Å². The van der Waals surface area contributed by atoms with Crippen LogP contribution in [0.25, 0.3) is 0 Å². The molecular formula is C15H22IN7O. The lowest BCUT2D eigenvalue weighted by Gasteiger charge is -2.21. The van der Waals surface area contributed by atoms with E-state index in [1.807, 2.05) is 29.8 Å². The van der Waals surface area contributed by atoms with Gasteiger partial charge in [-0.3, -0.25) is 4.99 Å². The first-order chi connectivity index (χ1) is 11.3. The Hall–Kier alpha value is -1.91. The number of rotatable bonds is 4. The van der Waals surface area contributed by atoms with Crippen LogP contribution in [0.2, 0.25) is 0 Å². The van der Waals surface area contributed by atoms with E-state index >= 15 is 0 Å². The number of aliphatic imine (C=N–C) groups is 1. The van der Waals surface area contributed by atoms with Crippen LogP contribution in [-0.2, 0) is 13.6 Å². The minimum Gasteiger partial charge on any atom is -0.472 e. The molecule has 1 aliphatic heterocycles. The summed E-state index contributed by atoms with van der Waals surface area (Å²) in [6.45, 7) is 2.27. The number of hydrogen-bond acceptors (Lipinski definition) is 5. The molecule has 1 atom stereocenters. The number of likely N-dealkylation sites (tertiary alicyclic amines) is 1. The Labute approximate surface area is 158 Å². The highest BCUT2D eigenvalue weighted by atomic mass is 127. The SMILES string of the molecule is CN=C(NCc1nncn1C)N1CCC(Oc2ccccn2)C1.I. The quantitative estimate of drug-likeness (QED) is 0.433. The van der Waals surface area contributed by atoms with Gasteiger partial charge in [0.05, 0.1) is 13.1 Å². The number of halogens is 1. The number of pyridine rings is 1. The number of ether oxygens (including phenoxy) is 1. The molecule has 9 heteroatoms. The van der Waals surface area contributed by atoms with Gasteiger partial charge in [-0.1, -0.05) is 6.07 Å². The number of nitrogens with zero attached hydrogens (tertiary/aromatic N) is 6. The minimum absolute atomic E-state index is 0. The molecule has 130 valence electrons. The van der Waals surface area contributed by atoms with Crippen LogP contribution in [0.15, 0.2) is 35.7 Å². The van der Waals surface area contributed by atoms with Crippen molar-refractivity contribution in [3.8, 4) is 5.88 Å². The van der Waals surface area contributed by atoms with E-state index in [9.17, 15) is 0 Å². The molecule has 3 rings (SSSR count). The standard InChI is InChI=1S/C15H21N7O.HI/c1-16-15(18-9-13-20-19-11-21(13)2)22-8-6-12(10-22)23-14-5-3-4-7-17-14;/h3-5,7,11-12H,6,8-10H2,1-2H3,(H,16,18);1H. The molecule has 0 saturated carbocycles. The average Bonchev–Trinajstić information content (AvgIpc) is 3.19. The largest absolute Gasteiger partial charge is 0.472 e. The second-order valence-electron chi connectivity index (χ2n) is 5.40. The van der Waals surface area contributed by atoms with Crippen molar-refractivity contribution in [2.45, 2.75) is 19.1 Å². The molecular weight excluding hydrogens is 421 g/mol. The van der Waals surface area contributed by atoms with E-state index in [1.54, 1.807) is 19.6 Å². The van der Waals surface area contributed by atoms with Crippen LogP contribution in [0.5, 0.6) is 5.88 Å². The summed E-state index contributed by atoms with van der Waals surface area (Å²) in [5.74, 6) is 2.38. The first-order valence-electron chi connectivity index (χ1n) is 7.62. The lowest BCUT2D eigenvalue weighted by molar-refractivity contribution is 0.205. The minimum atomic E-state index is 0. The molecule has 0 aliphatic carbocycles. The highest BCUT2D eigenvalue weighted by Gasteiger charge is 2.26. The van der Waals surface area contributed by atoms with Crippen LogP contribution in [0.3, 0.4) is 0 Å². The summed E-state index contributed by atoms with van der Waals surface area (Å²) in [7, 11) is 3.71. The fourth-order valence-corrected chi connectivity index (χ4v) is 2.56. The Balaban J connectivity index is 0.00000208. The molecule has 1 unspecified atom stereocenters. The van der Waals surface area contributed by atoms with Crippen molar-refractivity contribution in [3.05, 3.63) is 36.5 Å². The predicted molar refractivity (Wildman–Crippen MR) is 101 cm³/mol. The van der Waals surface area contributed by atoms with Crippen molar-refractivity contribution in [2.24, 2.45) is 12.0 Å². The number of hydrogen-bond donors (Lipinski definition) is 1. The van der Waals surface area contributed by atoms with E-state index in [1.165, 1.54) is 0 Å². The van der Waals surface area contributed by atoms with Gasteiger partial charge in [0.25, 0.3) is 0 Å². The highest BCUT2D eigenvalue weighted by molar-refractivity contribution is 14.0. The molecule has 0 bridgehead atoms. The number of guanidine groups is 1. The van der Waals surface area contributed by atoms with Crippen molar-refractivity contribution in [2.75, 3.05) is 20.1 Å². The number of nitrogens with one attached hydrogen (secondary N) is 1. The maximum Gasteiger partial charge on any atom is 0.213 e. The molecule has 24 heavy (non-hydrogen) atoms. The molecule has 1 saturated heterocycles. The molecule has 3 heterocycles. The first kappa shape index (κ1) is 18.4. The Morgan fingerprint density at radius 2 is 2.33 bits per heavy atom. The molecule has 1 aliphatic rings. The van der Waals surface area contributed by atoms with Crippen LogP contribution in [-0.4, -0.2) is 56.8 Å². The Morgan fingerprint density at radius 1 is 1.46 bits per heavy atom. The van der Waals surface area contributed by atoms with Crippen molar-refractivity contribution in [1.82, 2.24) is 30.0 Å². The van der Waals surface area contributed by atoms with Gasteiger partial charge in [-0.05, 0) is 6.07 Å². The van der Waals surface area contributed by atoms with Gasteiger partial charge in [0, 0.05) is 39.3 Å². The Kier molecular flexibility index (Phi) is 6.76. The summed E-state index contributed by atoms with van der Waals surface area (Å²) in [6.07, 6.45) is 4.50.